The van der Waals surface area contributed by atoms with Crippen molar-refractivity contribution in [2.75, 3.05) is 37.0 Å². The van der Waals surface area contributed by atoms with Gasteiger partial charge in [-0.3, -0.25) is 0 Å². The summed E-state index contributed by atoms with van der Waals surface area (Å²) in [4.78, 5) is 14.4. The second-order valence-corrected chi connectivity index (χ2v) is 6.13. The van der Waals surface area contributed by atoms with Gasteiger partial charge in [0, 0.05) is 20.2 Å². The van der Waals surface area contributed by atoms with Gasteiger partial charge in [-0.1, -0.05) is 12.1 Å². The summed E-state index contributed by atoms with van der Waals surface area (Å²) in [6.07, 6.45) is 0.338. The highest BCUT2D eigenvalue weighted by molar-refractivity contribution is 5.93. The zero-order valence-electron chi connectivity index (χ0n) is 14.3. The summed E-state index contributed by atoms with van der Waals surface area (Å²) in [5.41, 5.74) is 1.82. The lowest BCUT2D eigenvalue weighted by Crippen LogP contribution is -2.46. The van der Waals surface area contributed by atoms with E-state index in [4.69, 9.17) is 9.47 Å². The standard InChI is InChI=1S/C17H27N3O3/c1-12(11-22-4)18-17(21)19-15-7-5-6-8-16(15)20-9-13(2)23-14(3)10-20/h5-8,12-14H,9-11H2,1-4H3,(H2,18,19,21). The molecule has 2 amide bonds. The Morgan fingerprint density at radius 1 is 1.35 bits per heavy atom. The summed E-state index contributed by atoms with van der Waals surface area (Å²) < 4.78 is 10.8. The van der Waals surface area contributed by atoms with Crippen molar-refractivity contribution >= 4 is 17.4 Å². The number of para-hydroxylation sites is 2. The fraction of sp³-hybridized carbons (Fsp3) is 0.588. The van der Waals surface area contributed by atoms with E-state index in [9.17, 15) is 4.79 Å². The van der Waals surface area contributed by atoms with E-state index in [1.807, 2.05) is 31.2 Å². The molecular formula is C17H27N3O3. The molecule has 0 spiro atoms. The third-order valence-electron chi connectivity index (χ3n) is 3.71. The molecule has 1 aromatic carbocycles. The van der Waals surface area contributed by atoms with E-state index in [0.717, 1.165) is 24.5 Å². The van der Waals surface area contributed by atoms with E-state index >= 15 is 0 Å². The van der Waals surface area contributed by atoms with Gasteiger partial charge in [-0.2, -0.15) is 0 Å². The van der Waals surface area contributed by atoms with Crippen LogP contribution >= 0.6 is 0 Å². The van der Waals surface area contributed by atoms with Crippen LogP contribution in [-0.2, 0) is 9.47 Å². The van der Waals surface area contributed by atoms with Gasteiger partial charge in [0.2, 0.25) is 0 Å². The molecule has 3 unspecified atom stereocenters. The summed E-state index contributed by atoms with van der Waals surface area (Å²) in [6.45, 7) is 8.14. The largest absolute Gasteiger partial charge is 0.383 e. The number of morpholine rings is 1. The Balaban J connectivity index is 2.07. The number of anilines is 2. The SMILES string of the molecule is COCC(C)NC(=O)Nc1ccccc1N1CC(C)OC(C)C1. The van der Waals surface area contributed by atoms with Gasteiger partial charge in [0.05, 0.1) is 36.2 Å². The molecule has 0 radical (unpaired) electrons. The predicted octanol–water partition coefficient (Wildman–Crippen LogP) is 2.46. The first-order valence-corrected chi connectivity index (χ1v) is 8.05. The number of nitrogens with one attached hydrogen (secondary N) is 2. The van der Waals surface area contributed by atoms with Crippen molar-refractivity contribution in [3.05, 3.63) is 24.3 Å². The lowest BCUT2D eigenvalue weighted by atomic mass is 10.1. The third kappa shape index (κ3) is 5.11. The van der Waals surface area contributed by atoms with Gasteiger partial charge in [0.1, 0.15) is 0 Å². The summed E-state index contributed by atoms with van der Waals surface area (Å²) >= 11 is 0. The number of carbonyl (C=O) groups is 1. The van der Waals surface area contributed by atoms with Gasteiger partial charge >= 0.3 is 6.03 Å². The minimum absolute atomic E-state index is 0.0457. The van der Waals surface area contributed by atoms with Crippen LogP contribution in [0.3, 0.4) is 0 Å². The zero-order chi connectivity index (χ0) is 16.8. The van der Waals surface area contributed by atoms with Crippen molar-refractivity contribution in [1.82, 2.24) is 5.32 Å². The van der Waals surface area contributed by atoms with Crippen molar-refractivity contribution in [2.24, 2.45) is 0 Å². The second kappa shape index (κ2) is 8.17. The predicted molar refractivity (Wildman–Crippen MR) is 92.2 cm³/mol. The van der Waals surface area contributed by atoms with Crippen molar-refractivity contribution < 1.29 is 14.3 Å². The van der Waals surface area contributed by atoms with Crippen LogP contribution in [0.5, 0.6) is 0 Å². The summed E-state index contributed by atoms with van der Waals surface area (Å²) in [5, 5.41) is 5.80. The van der Waals surface area contributed by atoms with Gasteiger partial charge in [0.25, 0.3) is 0 Å². The van der Waals surface area contributed by atoms with Crippen molar-refractivity contribution in [1.29, 1.82) is 0 Å². The topological polar surface area (TPSA) is 62.8 Å². The van der Waals surface area contributed by atoms with Gasteiger partial charge in [-0.25, -0.2) is 4.79 Å². The molecule has 0 aliphatic carbocycles. The molecule has 2 N–H and O–H groups in total. The van der Waals surface area contributed by atoms with E-state index < -0.39 is 0 Å². The second-order valence-electron chi connectivity index (χ2n) is 6.13. The smallest absolute Gasteiger partial charge is 0.319 e. The van der Waals surface area contributed by atoms with Crippen LogP contribution in [0.4, 0.5) is 16.2 Å². The lowest BCUT2D eigenvalue weighted by molar-refractivity contribution is -0.00517. The maximum atomic E-state index is 12.1. The highest BCUT2D eigenvalue weighted by Crippen LogP contribution is 2.28. The number of rotatable bonds is 5. The first kappa shape index (κ1) is 17.6. The quantitative estimate of drug-likeness (QED) is 0.874. The maximum absolute atomic E-state index is 12.1. The van der Waals surface area contributed by atoms with E-state index in [2.05, 4.69) is 29.4 Å². The molecule has 0 aromatic heterocycles. The molecule has 1 aliphatic rings. The number of amides is 2. The minimum atomic E-state index is -0.226. The number of hydrogen-bond donors (Lipinski definition) is 2. The molecule has 0 bridgehead atoms. The Hall–Kier alpha value is -1.79. The molecule has 1 aromatic rings. The highest BCUT2D eigenvalue weighted by atomic mass is 16.5. The van der Waals surface area contributed by atoms with Crippen LogP contribution in [0.15, 0.2) is 24.3 Å². The molecule has 6 nitrogen and oxygen atoms in total. The monoisotopic (exact) mass is 321 g/mol. The van der Waals surface area contributed by atoms with Crippen LogP contribution in [0.25, 0.3) is 0 Å². The molecule has 1 saturated heterocycles. The summed E-state index contributed by atoms with van der Waals surface area (Å²) in [5.74, 6) is 0. The number of urea groups is 1. The molecule has 6 heteroatoms. The van der Waals surface area contributed by atoms with Crippen molar-refractivity contribution in [2.45, 2.75) is 39.0 Å². The third-order valence-corrected chi connectivity index (χ3v) is 3.71. The van der Waals surface area contributed by atoms with Gasteiger partial charge in [-0.15, -0.1) is 0 Å². The van der Waals surface area contributed by atoms with E-state index in [0.29, 0.717) is 6.61 Å². The Labute approximate surface area is 138 Å². The average molecular weight is 321 g/mol. The van der Waals surface area contributed by atoms with Crippen molar-refractivity contribution in [3.63, 3.8) is 0 Å². The number of hydrogen-bond acceptors (Lipinski definition) is 4. The van der Waals surface area contributed by atoms with Crippen LogP contribution in [0, 0.1) is 0 Å². The first-order chi connectivity index (χ1) is 11.0. The molecule has 23 heavy (non-hydrogen) atoms. The average Bonchev–Trinajstić information content (AvgIpc) is 2.46. The number of nitrogens with zero attached hydrogens (tertiary/aromatic N) is 1. The maximum Gasteiger partial charge on any atom is 0.319 e. The summed E-state index contributed by atoms with van der Waals surface area (Å²) in [7, 11) is 1.62. The van der Waals surface area contributed by atoms with E-state index in [1.165, 1.54) is 0 Å². The van der Waals surface area contributed by atoms with Crippen LogP contribution in [0.2, 0.25) is 0 Å². The Morgan fingerprint density at radius 2 is 2.00 bits per heavy atom. The van der Waals surface area contributed by atoms with Gasteiger partial charge in [0.15, 0.2) is 0 Å². The highest BCUT2D eigenvalue weighted by Gasteiger charge is 2.24. The molecule has 128 valence electrons. The Morgan fingerprint density at radius 3 is 2.65 bits per heavy atom. The molecule has 1 aliphatic heterocycles. The fourth-order valence-corrected chi connectivity index (χ4v) is 2.90. The lowest BCUT2D eigenvalue weighted by Gasteiger charge is -2.37. The number of methoxy groups -OCH3 is 1. The first-order valence-electron chi connectivity index (χ1n) is 8.05. The molecule has 0 saturated carbocycles. The van der Waals surface area contributed by atoms with Crippen LogP contribution < -0.4 is 15.5 Å². The Bertz CT molecular complexity index is 514. The van der Waals surface area contributed by atoms with Gasteiger partial charge in [-0.05, 0) is 32.9 Å². The number of ether oxygens (including phenoxy) is 2. The normalized spacial score (nSPS) is 22.5. The molecule has 3 atom stereocenters. The molecular weight excluding hydrogens is 294 g/mol. The molecule has 1 heterocycles. The van der Waals surface area contributed by atoms with Gasteiger partial charge < -0.3 is 25.0 Å². The minimum Gasteiger partial charge on any atom is -0.383 e. The van der Waals surface area contributed by atoms with Crippen LogP contribution in [0.1, 0.15) is 20.8 Å². The Kier molecular flexibility index (Phi) is 6.24. The van der Waals surface area contributed by atoms with E-state index in [-0.39, 0.29) is 24.3 Å². The van der Waals surface area contributed by atoms with E-state index in [1.54, 1.807) is 7.11 Å². The van der Waals surface area contributed by atoms with Crippen LogP contribution in [-0.4, -0.2) is 51.1 Å². The number of benzene rings is 1. The number of carbonyl (C=O) groups excluding carboxylic acids is 1. The molecule has 2 rings (SSSR count). The van der Waals surface area contributed by atoms with Crippen molar-refractivity contribution in [3.8, 4) is 0 Å². The zero-order valence-corrected chi connectivity index (χ0v) is 14.3. The summed E-state index contributed by atoms with van der Waals surface area (Å²) in [6, 6.07) is 7.58. The fourth-order valence-electron chi connectivity index (χ4n) is 2.90. The molecule has 1 fully saturated rings.